The predicted molar refractivity (Wildman–Crippen MR) is 57.1 cm³/mol. The van der Waals surface area contributed by atoms with Gasteiger partial charge in [-0.1, -0.05) is 0 Å². The van der Waals surface area contributed by atoms with Crippen LogP contribution in [-0.2, 0) is 0 Å². The molecule has 2 aliphatic rings. The Bertz CT molecular complexity index is 436. The molecule has 1 saturated carbocycles. The lowest BCUT2D eigenvalue weighted by atomic mass is 10.2. The number of thiophene rings is 1. The molecule has 0 radical (unpaired) electrons. The van der Waals surface area contributed by atoms with Crippen LogP contribution < -0.4 is 9.64 Å². The van der Waals surface area contributed by atoms with E-state index in [-0.39, 0.29) is 5.60 Å². The van der Waals surface area contributed by atoms with Crippen molar-refractivity contribution in [3.8, 4) is 5.75 Å². The first kappa shape index (κ1) is 9.03. The molecule has 1 N–H and O–H groups in total. The molecular formula is C10H11NO3S. The van der Waals surface area contributed by atoms with Gasteiger partial charge in [0.2, 0.25) is 0 Å². The normalized spacial score (nSPS) is 21.0. The highest BCUT2D eigenvalue weighted by atomic mass is 32.1. The fourth-order valence-electron chi connectivity index (χ4n) is 1.98. The SMILES string of the molecule is CN1CC2(CC2)Oc2cc(C(=O)O)sc21. The van der Waals surface area contributed by atoms with Crippen molar-refractivity contribution in [3.63, 3.8) is 0 Å². The molecule has 0 bridgehead atoms. The molecule has 4 nitrogen and oxygen atoms in total. The maximum Gasteiger partial charge on any atom is 0.346 e. The number of anilines is 1. The van der Waals surface area contributed by atoms with Crippen molar-refractivity contribution < 1.29 is 14.6 Å². The van der Waals surface area contributed by atoms with Crippen molar-refractivity contribution in [2.75, 3.05) is 18.5 Å². The summed E-state index contributed by atoms with van der Waals surface area (Å²) in [4.78, 5) is 13.3. The van der Waals surface area contributed by atoms with Crippen molar-refractivity contribution in [2.24, 2.45) is 0 Å². The monoisotopic (exact) mass is 225 g/mol. The van der Waals surface area contributed by atoms with Crippen LogP contribution in [0.15, 0.2) is 6.07 Å². The minimum absolute atomic E-state index is 0.0153. The fourth-order valence-corrected chi connectivity index (χ4v) is 2.86. The number of rotatable bonds is 1. The zero-order valence-corrected chi connectivity index (χ0v) is 9.13. The van der Waals surface area contributed by atoms with Gasteiger partial charge in [-0.3, -0.25) is 0 Å². The number of aromatic carboxylic acids is 1. The second kappa shape index (κ2) is 2.66. The van der Waals surface area contributed by atoms with Crippen LogP contribution >= 0.6 is 11.3 Å². The molecule has 0 saturated heterocycles. The van der Waals surface area contributed by atoms with E-state index < -0.39 is 5.97 Å². The molecule has 0 unspecified atom stereocenters. The number of carboxylic acid groups (broad SMARTS) is 1. The van der Waals surface area contributed by atoms with E-state index in [1.54, 1.807) is 6.07 Å². The second-order valence-corrected chi connectivity index (χ2v) is 5.26. The summed E-state index contributed by atoms with van der Waals surface area (Å²) in [7, 11) is 1.99. The Balaban J connectivity index is 2.02. The molecule has 1 aromatic rings. The summed E-state index contributed by atoms with van der Waals surface area (Å²) >= 11 is 1.28. The van der Waals surface area contributed by atoms with Crippen molar-refractivity contribution in [2.45, 2.75) is 18.4 Å². The van der Waals surface area contributed by atoms with E-state index in [4.69, 9.17) is 9.84 Å². The number of fused-ring (bicyclic) bond motifs is 1. The van der Waals surface area contributed by atoms with Gasteiger partial charge in [-0.2, -0.15) is 0 Å². The largest absolute Gasteiger partial charge is 0.482 e. The summed E-state index contributed by atoms with van der Waals surface area (Å²) < 4.78 is 5.84. The molecule has 15 heavy (non-hydrogen) atoms. The van der Waals surface area contributed by atoms with Crippen LogP contribution in [0, 0.1) is 0 Å². The van der Waals surface area contributed by atoms with E-state index in [1.807, 2.05) is 7.05 Å². The zero-order valence-electron chi connectivity index (χ0n) is 8.32. The summed E-state index contributed by atoms with van der Waals surface area (Å²) in [5.74, 6) is -0.139. The second-order valence-electron chi connectivity index (χ2n) is 4.23. The third kappa shape index (κ3) is 1.30. The Morgan fingerprint density at radius 3 is 3.00 bits per heavy atom. The van der Waals surface area contributed by atoms with Crippen LogP contribution in [0.1, 0.15) is 22.5 Å². The first-order chi connectivity index (χ1) is 7.10. The van der Waals surface area contributed by atoms with Gasteiger partial charge in [-0.25, -0.2) is 4.79 Å². The molecule has 1 aliphatic carbocycles. The number of nitrogens with zero attached hydrogens (tertiary/aromatic N) is 1. The maximum absolute atomic E-state index is 10.8. The number of carboxylic acids is 1. The van der Waals surface area contributed by atoms with Gasteiger partial charge in [-0.05, 0) is 12.8 Å². The average Bonchev–Trinajstić information content (AvgIpc) is 2.76. The highest BCUT2D eigenvalue weighted by Crippen LogP contribution is 2.50. The van der Waals surface area contributed by atoms with E-state index in [0.29, 0.717) is 4.88 Å². The molecule has 0 amide bonds. The number of hydrogen-bond donors (Lipinski definition) is 1. The Kier molecular flexibility index (Phi) is 1.60. The van der Waals surface area contributed by atoms with Gasteiger partial charge in [0.1, 0.15) is 15.5 Å². The molecule has 1 aromatic heterocycles. The third-order valence-corrected chi connectivity index (χ3v) is 4.12. The molecule has 1 aliphatic heterocycles. The molecule has 1 fully saturated rings. The van der Waals surface area contributed by atoms with Gasteiger partial charge >= 0.3 is 5.97 Å². The topological polar surface area (TPSA) is 49.8 Å². The van der Waals surface area contributed by atoms with Gasteiger partial charge in [-0.15, -0.1) is 11.3 Å². The van der Waals surface area contributed by atoms with Gasteiger partial charge in [0.15, 0.2) is 5.75 Å². The molecule has 2 heterocycles. The summed E-state index contributed by atoms with van der Waals surface area (Å²) in [5, 5.41) is 9.84. The highest BCUT2D eigenvalue weighted by Gasteiger charge is 2.50. The van der Waals surface area contributed by atoms with E-state index in [2.05, 4.69) is 4.90 Å². The number of carbonyl (C=O) groups is 1. The Labute approximate surface area is 91.1 Å². The molecule has 0 aromatic carbocycles. The smallest absolute Gasteiger partial charge is 0.346 e. The fraction of sp³-hybridized carbons (Fsp3) is 0.500. The van der Waals surface area contributed by atoms with Gasteiger partial charge in [0.25, 0.3) is 0 Å². The first-order valence-electron chi connectivity index (χ1n) is 4.87. The summed E-state index contributed by atoms with van der Waals surface area (Å²) in [6.07, 6.45) is 2.16. The molecule has 5 heteroatoms. The van der Waals surface area contributed by atoms with E-state index in [1.165, 1.54) is 11.3 Å². The van der Waals surface area contributed by atoms with Crippen LogP contribution in [-0.4, -0.2) is 30.3 Å². The number of hydrogen-bond acceptors (Lipinski definition) is 4. The highest BCUT2D eigenvalue weighted by molar-refractivity contribution is 7.18. The van der Waals surface area contributed by atoms with E-state index in [0.717, 1.165) is 30.1 Å². The quantitative estimate of drug-likeness (QED) is 0.792. The van der Waals surface area contributed by atoms with Crippen LogP contribution in [0.25, 0.3) is 0 Å². The standard InChI is InChI=1S/C10H11NO3S/c1-11-5-10(2-3-10)14-6-4-7(9(12)13)15-8(6)11/h4H,2-3,5H2,1H3,(H,12,13). The van der Waals surface area contributed by atoms with Gasteiger partial charge < -0.3 is 14.7 Å². The van der Waals surface area contributed by atoms with Crippen molar-refractivity contribution >= 4 is 22.3 Å². The van der Waals surface area contributed by atoms with E-state index in [9.17, 15) is 4.79 Å². The minimum atomic E-state index is -0.878. The van der Waals surface area contributed by atoms with Crippen LogP contribution in [0.4, 0.5) is 5.00 Å². The van der Waals surface area contributed by atoms with Gasteiger partial charge in [0.05, 0.1) is 6.54 Å². The lowest BCUT2D eigenvalue weighted by Crippen LogP contribution is -2.38. The minimum Gasteiger partial charge on any atom is -0.482 e. The van der Waals surface area contributed by atoms with Crippen LogP contribution in [0.3, 0.4) is 0 Å². The zero-order chi connectivity index (χ0) is 10.6. The van der Waals surface area contributed by atoms with Crippen molar-refractivity contribution in [1.82, 2.24) is 0 Å². The van der Waals surface area contributed by atoms with Crippen LogP contribution in [0.2, 0.25) is 0 Å². The lowest BCUT2D eigenvalue weighted by molar-refractivity contribution is 0.0701. The molecule has 80 valence electrons. The first-order valence-corrected chi connectivity index (χ1v) is 5.69. The lowest BCUT2D eigenvalue weighted by Gasteiger charge is -2.31. The number of ether oxygens (including phenoxy) is 1. The molecule has 0 atom stereocenters. The molecule has 3 rings (SSSR count). The predicted octanol–water partition coefficient (Wildman–Crippen LogP) is 1.81. The average molecular weight is 225 g/mol. The Morgan fingerprint density at radius 2 is 2.40 bits per heavy atom. The third-order valence-electron chi connectivity index (χ3n) is 2.90. The van der Waals surface area contributed by atoms with E-state index >= 15 is 0 Å². The molecular weight excluding hydrogens is 214 g/mol. The maximum atomic E-state index is 10.8. The van der Waals surface area contributed by atoms with Gasteiger partial charge in [0, 0.05) is 13.1 Å². The number of likely N-dealkylation sites (N-methyl/N-ethyl adjacent to an activating group) is 1. The Morgan fingerprint density at radius 1 is 1.67 bits per heavy atom. The summed E-state index contributed by atoms with van der Waals surface area (Å²) in [5.41, 5.74) is -0.0153. The summed E-state index contributed by atoms with van der Waals surface area (Å²) in [6, 6.07) is 1.64. The Hall–Kier alpha value is -1.23. The van der Waals surface area contributed by atoms with Crippen molar-refractivity contribution in [1.29, 1.82) is 0 Å². The van der Waals surface area contributed by atoms with Crippen molar-refractivity contribution in [3.05, 3.63) is 10.9 Å². The molecule has 1 spiro atoms. The summed E-state index contributed by atoms with van der Waals surface area (Å²) in [6.45, 7) is 0.875. The van der Waals surface area contributed by atoms with Crippen LogP contribution in [0.5, 0.6) is 5.75 Å².